The number of benzene rings is 1. The Morgan fingerprint density at radius 3 is 2.68 bits per heavy atom. The lowest BCUT2D eigenvalue weighted by molar-refractivity contribution is 0.302. The van der Waals surface area contributed by atoms with Crippen LogP contribution in [0, 0.1) is 0 Å². The summed E-state index contributed by atoms with van der Waals surface area (Å²) in [5.41, 5.74) is 9.56. The maximum Gasteiger partial charge on any atom is 0.198 e. The molecule has 3 nitrogen and oxygen atoms in total. The van der Waals surface area contributed by atoms with E-state index in [2.05, 4.69) is 17.1 Å². The highest BCUT2D eigenvalue weighted by Gasteiger charge is 2.31. The van der Waals surface area contributed by atoms with E-state index >= 15 is 0 Å². The zero-order valence-electron chi connectivity index (χ0n) is 11.2. The van der Waals surface area contributed by atoms with E-state index in [4.69, 9.17) is 10.2 Å². The average Bonchev–Trinajstić information content (AvgIpc) is 3.18. The SMILES string of the molecule is NC1(c2ccc3oc(C4CC4)nc3c2)CCCCC1. The van der Waals surface area contributed by atoms with Crippen molar-refractivity contribution in [1.82, 2.24) is 4.98 Å². The fourth-order valence-corrected chi connectivity index (χ4v) is 3.23. The molecule has 2 aliphatic rings. The Bertz CT molecular complexity index is 606. The van der Waals surface area contributed by atoms with Crippen molar-refractivity contribution in [2.24, 2.45) is 5.73 Å². The Morgan fingerprint density at radius 1 is 1.16 bits per heavy atom. The second kappa shape index (κ2) is 4.07. The first-order valence-electron chi connectivity index (χ1n) is 7.44. The topological polar surface area (TPSA) is 52.0 Å². The van der Waals surface area contributed by atoms with E-state index in [0.29, 0.717) is 5.92 Å². The third-order valence-electron chi connectivity index (χ3n) is 4.65. The van der Waals surface area contributed by atoms with Gasteiger partial charge in [0.05, 0.1) is 0 Å². The van der Waals surface area contributed by atoms with Gasteiger partial charge in [0, 0.05) is 11.5 Å². The summed E-state index contributed by atoms with van der Waals surface area (Å²) in [5, 5.41) is 0. The quantitative estimate of drug-likeness (QED) is 0.888. The number of nitrogens with two attached hydrogens (primary N) is 1. The predicted octanol–water partition coefficient (Wildman–Crippen LogP) is 3.82. The third-order valence-corrected chi connectivity index (χ3v) is 4.65. The largest absolute Gasteiger partial charge is 0.440 e. The molecule has 2 saturated carbocycles. The summed E-state index contributed by atoms with van der Waals surface area (Å²) >= 11 is 0. The Labute approximate surface area is 113 Å². The molecule has 0 unspecified atom stereocenters. The first kappa shape index (κ1) is 11.5. The van der Waals surface area contributed by atoms with Crippen molar-refractivity contribution in [3.8, 4) is 0 Å². The van der Waals surface area contributed by atoms with Crippen LogP contribution in [0.2, 0.25) is 0 Å². The first-order valence-corrected chi connectivity index (χ1v) is 7.44. The highest BCUT2D eigenvalue weighted by molar-refractivity contribution is 5.74. The number of rotatable bonds is 2. The molecule has 0 aliphatic heterocycles. The number of hydrogen-bond donors (Lipinski definition) is 1. The fourth-order valence-electron chi connectivity index (χ4n) is 3.23. The molecule has 3 heteroatoms. The van der Waals surface area contributed by atoms with Crippen molar-refractivity contribution in [3.05, 3.63) is 29.7 Å². The standard InChI is InChI=1S/C16H20N2O/c17-16(8-2-1-3-9-16)12-6-7-14-13(10-12)18-15(19-14)11-4-5-11/h6-7,10-11H,1-5,8-9,17H2. The van der Waals surface area contributed by atoms with Gasteiger partial charge in [-0.1, -0.05) is 25.3 Å². The van der Waals surface area contributed by atoms with Crippen LogP contribution in [-0.2, 0) is 5.54 Å². The maximum atomic E-state index is 6.59. The van der Waals surface area contributed by atoms with Gasteiger partial charge in [-0.2, -0.15) is 0 Å². The molecule has 0 amide bonds. The number of fused-ring (bicyclic) bond motifs is 1. The van der Waals surface area contributed by atoms with Crippen LogP contribution in [0.25, 0.3) is 11.1 Å². The summed E-state index contributed by atoms with van der Waals surface area (Å²) in [7, 11) is 0. The van der Waals surface area contributed by atoms with Gasteiger partial charge < -0.3 is 10.2 Å². The lowest BCUT2D eigenvalue weighted by Crippen LogP contribution is -2.38. The van der Waals surface area contributed by atoms with Crippen LogP contribution in [0.4, 0.5) is 0 Å². The third kappa shape index (κ3) is 1.96. The van der Waals surface area contributed by atoms with Crippen LogP contribution in [0.15, 0.2) is 22.6 Å². The normalized spacial score (nSPS) is 22.8. The summed E-state index contributed by atoms with van der Waals surface area (Å²) in [4.78, 5) is 4.64. The smallest absolute Gasteiger partial charge is 0.198 e. The number of oxazole rings is 1. The van der Waals surface area contributed by atoms with Crippen LogP contribution in [0.1, 0.15) is 62.3 Å². The molecule has 0 spiro atoms. The van der Waals surface area contributed by atoms with Crippen molar-refractivity contribution in [2.75, 3.05) is 0 Å². The lowest BCUT2D eigenvalue weighted by Gasteiger charge is -2.33. The molecule has 100 valence electrons. The van der Waals surface area contributed by atoms with Crippen LogP contribution in [0.5, 0.6) is 0 Å². The first-order chi connectivity index (χ1) is 9.24. The van der Waals surface area contributed by atoms with E-state index in [9.17, 15) is 0 Å². The summed E-state index contributed by atoms with van der Waals surface area (Å²) in [5.74, 6) is 1.49. The van der Waals surface area contributed by atoms with E-state index in [1.165, 1.54) is 37.7 Å². The minimum atomic E-state index is -0.148. The molecule has 1 aromatic carbocycles. The minimum Gasteiger partial charge on any atom is -0.440 e. The minimum absolute atomic E-state index is 0.148. The predicted molar refractivity (Wildman–Crippen MR) is 74.9 cm³/mol. The maximum absolute atomic E-state index is 6.59. The average molecular weight is 256 g/mol. The molecule has 2 N–H and O–H groups in total. The second-order valence-corrected chi connectivity index (χ2v) is 6.23. The van der Waals surface area contributed by atoms with Crippen molar-refractivity contribution in [3.63, 3.8) is 0 Å². The molecule has 2 fully saturated rings. The van der Waals surface area contributed by atoms with Gasteiger partial charge in [0.15, 0.2) is 11.5 Å². The van der Waals surface area contributed by atoms with Gasteiger partial charge in [-0.05, 0) is 43.4 Å². The van der Waals surface area contributed by atoms with Crippen LogP contribution >= 0.6 is 0 Å². The molecule has 1 heterocycles. The highest BCUT2D eigenvalue weighted by atomic mass is 16.3. The summed E-state index contributed by atoms with van der Waals surface area (Å²) in [6.45, 7) is 0. The summed E-state index contributed by atoms with van der Waals surface area (Å²) in [6, 6.07) is 6.33. The molecule has 0 bridgehead atoms. The van der Waals surface area contributed by atoms with Crippen LogP contribution in [-0.4, -0.2) is 4.98 Å². The van der Waals surface area contributed by atoms with E-state index in [0.717, 1.165) is 29.8 Å². The van der Waals surface area contributed by atoms with Crippen molar-refractivity contribution >= 4 is 11.1 Å². The van der Waals surface area contributed by atoms with E-state index in [1.54, 1.807) is 0 Å². The van der Waals surface area contributed by atoms with Gasteiger partial charge in [-0.3, -0.25) is 0 Å². The molecule has 0 radical (unpaired) electrons. The monoisotopic (exact) mass is 256 g/mol. The number of aromatic nitrogens is 1. The second-order valence-electron chi connectivity index (χ2n) is 6.23. The van der Waals surface area contributed by atoms with E-state index in [-0.39, 0.29) is 5.54 Å². The van der Waals surface area contributed by atoms with Crippen LogP contribution < -0.4 is 5.73 Å². The van der Waals surface area contributed by atoms with E-state index < -0.39 is 0 Å². The van der Waals surface area contributed by atoms with E-state index in [1.807, 2.05) is 6.07 Å². The Morgan fingerprint density at radius 2 is 1.95 bits per heavy atom. The summed E-state index contributed by atoms with van der Waals surface area (Å²) in [6.07, 6.45) is 8.41. The van der Waals surface area contributed by atoms with Crippen LogP contribution in [0.3, 0.4) is 0 Å². The van der Waals surface area contributed by atoms with Gasteiger partial charge in [0.2, 0.25) is 0 Å². The zero-order chi connectivity index (χ0) is 12.9. The van der Waals surface area contributed by atoms with Gasteiger partial charge in [0.25, 0.3) is 0 Å². The van der Waals surface area contributed by atoms with Gasteiger partial charge in [-0.15, -0.1) is 0 Å². The lowest BCUT2D eigenvalue weighted by atomic mass is 9.77. The molecular weight excluding hydrogens is 236 g/mol. The molecule has 1 aromatic heterocycles. The molecular formula is C16H20N2O. The number of nitrogens with zero attached hydrogens (tertiary/aromatic N) is 1. The van der Waals surface area contributed by atoms with Crippen molar-refractivity contribution in [2.45, 2.75) is 56.4 Å². The van der Waals surface area contributed by atoms with Gasteiger partial charge in [0.1, 0.15) is 5.52 Å². The zero-order valence-corrected chi connectivity index (χ0v) is 11.2. The molecule has 4 rings (SSSR count). The molecule has 0 saturated heterocycles. The summed E-state index contributed by atoms with van der Waals surface area (Å²) < 4.78 is 5.82. The number of hydrogen-bond acceptors (Lipinski definition) is 3. The molecule has 2 aliphatic carbocycles. The Balaban J connectivity index is 1.73. The highest BCUT2D eigenvalue weighted by Crippen LogP contribution is 2.41. The molecule has 19 heavy (non-hydrogen) atoms. The van der Waals surface area contributed by atoms with Gasteiger partial charge in [-0.25, -0.2) is 4.98 Å². The Kier molecular flexibility index (Phi) is 2.46. The van der Waals surface area contributed by atoms with Crippen molar-refractivity contribution < 1.29 is 4.42 Å². The van der Waals surface area contributed by atoms with Gasteiger partial charge >= 0.3 is 0 Å². The fraction of sp³-hybridized carbons (Fsp3) is 0.562. The molecule has 2 aromatic rings. The van der Waals surface area contributed by atoms with Crippen molar-refractivity contribution in [1.29, 1.82) is 0 Å². The molecule has 0 atom stereocenters. The Hall–Kier alpha value is -1.35.